The van der Waals surface area contributed by atoms with Gasteiger partial charge in [0.1, 0.15) is 12.6 Å². The number of ether oxygens (including phenoxy) is 1. The largest absolute Gasteiger partial charge is 0.490 e. The van der Waals surface area contributed by atoms with E-state index in [4.69, 9.17) is 27.9 Å². The van der Waals surface area contributed by atoms with Crippen LogP contribution < -0.4 is 15.6 Å². The van der Waals surface area contributed by atoms with Gasteiger partial charge in [0.05, 0.1) is 27.4 Å². The molecule has 0 aliphatic rings. The molecular formula is C25H26Cl2N4O5. The van der Waals surface area contributed by atoms with Gasteiger partial charge in [0.2, 0.25) is 0 Å². The molecule has 1 amide bonds. The van der Waals surface area contributed by atoms with Crippen molar-refractivity contribution in [1.82, 2.24) is 20.0 Å². The highest BCUT2D eigenvalue weighted by Gasteiger charge is 2.24. The number of aromatic nitrogens is 2. The van der Waals surface area contributed by atoms with Gasteiger partial charge in [0.25, 0.3) is 11.5 Å². The minimum Gasteiger partial charge on any atom is -0.490 e. The summed E-state index contributed by atoms with van der Waals surface area (Å²) in [7, 11) is 5.39. The number of amides is 1. The number of nitrogens with one attached hydrogen (secondary N) is 1. The highest BCUT2D eigenvalue weighted by Crippen LogP contribution is 2.27. The van der Waals surface area contributed by atoms with E-state index >= 15 is 0 Å². The number of carboxylic acids is 1. The molecule has 0 saturated carbocycles. The zero-order valence-electron chi connectivity index (χ0n) is 20.0. The van der Waals surface area contributed by atoms with Crippen molar-refractivity contribution in [2.45, 2.75) is 12.5 Å². The van der Waals surface area contributed by atoms with Gasteiger partial charge in [-0.05, 0) is 37.4 Å². The third-order valence-corrected chi connectivity index (χ3v) is 6.00. The van der Waals surface area contributed by atoms with Gasteiger partial charge in [-0.15, -0.1) is 0 Å². The van der Waals surface area contributed by atoms with Gasteiger partial charge in [-0.1, -0.05) is 53.5 Å². The highest BCUT2D eigenvalue weighted by atomic mass is 35.5. The Balaban J connectivity index is 1.81. The second kappa shape index (κ2) is 12.0. The van der Waals surface area contributed by atoms with Crippen LogP contribution in [0.2, 0.25) is 10.0 Å². The molecule has 9 nitrogen and oxygen atoms in total. The fourth-order valence-electron chi connectivity index (χ4n) is 3.42. The van der Waals surface area contributed by atoms with E-state index in [-0.39, 0.29) is 27.6 Å². The summed E-state index contributed by atoms with van der Waals surface area (Å²) in [5, 5.41) is 16.4. The summed E-state index contributed by atoms with van der Waals surface area (Å²) in [5.41, 5.74) is 1.28. The molecule has 0 unspecified atom stereocenters. The van der Waals surface area contributed by atoms with E-state index in [2.05, 4.69) is 10.4 Å². The number of nitrogens with zero attached hydrogens (tertiary/aromatic N) is 3. The number of benzene rings is 2. The van der Waals surface area contributed by atoms with Crippen molar-refractivity contribution < 1.29 is 19.4 Å². The lowest BCUT2D eigenvalue weighted by atomic mass is 10.0. The molecule has 0 bridgehead atoms. The molecule has 2 N–H and O–H groups in total. The lowest BCUT2D eigenvalue weighted by Gasteiger charge is -2.17. The van der Waals surface area contributed by atoms with E-state index < -0.39 is 17.9 Å². The quantitative estimate of drug-likeness (QED) is 0.412. The van der Waals surface area contributed by atoms with E-state index in [0.717, 1.165) is 0 Å². The van der Waals surface area contributed by atoms with E-state index in [1.807, 2.05) is 19.0 Å². The molecule has 36 heavy (non-hydrogen) atoms. The maximum Gasteiger partial charge on any atom is 0.326 e. The molecule has 11 heteroatoms. The predicted octanol–water partition coefficient (Wildman–Crippen LogP) is 3.12. The summed E-state index contributed by atoms with van der Waals surface area (Å²) < 4.78 is 7.03. The van der Waals surface area contributed by atoms with Crippen LogP contribution in [0.1, 0.15) is 15.9 Å². The van der Waals surface area contributed by atoms with Crippen molar-refractivity contribution in [3.63, 3.8) is 0 Å². The van der Waals surface area contributed by atoms with Crippen LogP contribution in [-0.2, 0) is 18.3 Å². The van der Waals surface area contributed by atoms with Crippen LogP contribution in [0.15, 0.2) is 53.5 Å². The number of aryl methyl sites for hydroxylation is 1. The number of hydrogen-bond acceptors (Lipinski definition) is 6. The topological polar surface area (TPSA) is 114 Å². The number of carbonyl (C=O) groups excluding carboxylic acids is 1. The lowest BCUT2D eigenvalue weighted by Crippen LogP contribution is -2.42. The van der Waals surface area contributed by atoms with E-state index in [1.165, 1.54) is 23.0 Å². The average molecular weight is 533 g/mol. The molecule has 2 aromatic carbocycles. The third-order valence-electron chi connectivity index (χ3n) is 5.37. The molecule has 0 aliphatic heterocycles. The first kappa shape index (κ1) is 27.2. The Morgan fingerprint density at radius 3 is 2.36 bits per heavy atom. The fraction of sp³-hybridized carbons (Fsp3) is 0.280. The normalized spacial score (nSPS) is 11.8. The number of hydrogen-bond donors (Lipinski definition) is 2. The third kappa shape index (κ3) is 6.63. The number of carbonyl (C=O) groups is 2. The van der Waals surface area contributed by atoms with Crippen LogP contribution in [-0.4, -0.2) is 65.0 Å². The van der Waals surface area contributed by atoms with Crippen LogP contribution in [0, 0.1) is 0 Å². The van der Waals surface area contributed by atoms with Crippen molar-refractivity contribution in [1.29, 1.82) is 0 Å². The number of carboxylic acid groups (broad SMARTS) is 1. The summed E-state index contributed by atoms with van der Waals surface area (Å²) in [4.78, 5) is 39.3. The first-order valence-electron chi connectivity index (χ1n) is 11.0. The number of halogens is 2. The number of likely N-dealkylation sites (N-methyl/N-ethyl adjacent to an activating group) is 1. The zero-order valence-corrected chi connectivity index (χ0v) is 21.5. The van der Waals surface area contributed by atoms with E-state index in [0.29, 0.717) is 35.6 Å². The van der Waals surface area contributed by atoms with Crippen LogP contribution in [0.4, 0.5) is 0 Å². The molecule has 0 spiro atoms. The van der Waals surface area contributed by atoms with Gasteiger partial charge in [0, 0.05) is 20.0 Å². The Morgan fingerprint density at radius 2 is 1.78 bits per heavy atom. The zero-order chi connectivity index (χ0) is 26.4. The molecule has 1 aromatic heterocycles. The van der Waals surface area contributed by atoms with Gasteiger partial charge in [0.15, 0.2) is 5.75 Å². The smallest absolute Gasteiger partial charge is 0.326 e. The molecule has 0 radical (unpaired) electrons. The molecular weight excluding hydrogens is 507 g/mol. The Kier molecular flexibility index (Phi) is 9.08. The van der Waals surface area contributed by atoms with Crippen molar-refractivity contribution in [2.24, 2.45) is 7.05 Å². The number of rotatable bonds is 10. The van der Waals surface area contributed by atoms with Crippen LogP contribution in [0.5, 0.6) is 5.75 Å². The Hall–Kier alpha value is -3.40. The Bertz CT molecular complexity index is 1290. The molecule has 0 aliphatic carbocycles. The molecule has 0 fully saturated rings. The predicted molar refractivity (Wildman–Crippen MR) is 138 cm³/mol. The Morgan fingerprint density at radius 1 is 1.14 bits per heavy atom. The fourth-order valence-corrected chi connectivity index (χ4v) is 3.99. The maximum absolute atomic E-state index is 12.8. The van der Waals surface area contributed by atoms with Crippen molar-refractivity contribution in [2.75, 3.05) is 27.2 Å². The monoisotopic (exact) mass is 532 g/mol. The van der Waals surface area contributed by atoms with Gasteiger partial charge < -0.3 is 20.1 Å². The Labute approximate surface area is 218 Å². The molecule has 190 valence electrons. The maximum atomic E-state index is 12.8. The standard InChI is InChI=1S/C25H26Cl2N4O5/c1-30(2)11-12-36-20-14-28-31(3)24(33)21(20)16-9-7-15(8-10-16)13-19(25(34)35)29-23(32)22-17(26)5-4-6-18(22)27/h4-10,14,19H,11-13H2,1-3H3,(H,29,32)(H,34,35)/t19-/m0/s1. The summed E-state index contributed by atoms with van der Waals surface area (Å²) >= 11 is 12.1. The van der Waals surface area contributed by atoms with Crippen LogP contribution >= 0.6 is 23.2 Å². The van der Waals surface area contributed by atoms with E-state index in [9.17, 15) is 19.5 Å². The molecule has 1 atom stereocenters. The van der Waals surface area contributed by atoms with E-state index in [1.54, 1.807) is 37.4 Å². The van der Waals surface area contributed by atoms with Crippen LogP contribution in [0.25, 0.3) is 11.1 Å². The van der Waals surface area contributed by atoms with Crippen molar-refractivity contribution in [3.05, 3.63) is 80.2 Å². The minimum absolute atomic E-state index is 0.00394. The second-order valence-corrected chi connectivity index (χ2v) is 9.14. The average Bonchev–Trinajstić information content (AvgIpc) is 2.81. The van der Waals surface area contributed by atoms with Gasteiger partial charge in [-0.3, -0.25) is 9.59 Å². The summed E-state index contributed by atoms with van der Waals surface area (Å²) in [5.74, 6) is -1.54. The summed E-state index contributed by atoms with van der Waals surface area (Å²) in [6.07, 6.45) is 1.50. The molecule has 3 aromatic rings. The highest BCUT2D eigenvalue weighted by molar-refractivity contribution is 6.39. The molecule has 3 rings (SSSR count). The lowest BCUT2D eigenvalue weighted by molar-refractivity contribution is -0.139. The molecule has 0 saturated heterocycles. The minimum atomic E-state index is -1.23. The first-order chi connectivity index (χ1) is 17.1. The summed E-state index contributed by atoms with van der Waals surface area (Å²) in [6.45, 7) is 1.04. The number of aliphatic carboxylic acids is 1. The SMILES string of the molecule is CN(C)CCOc1cnn(C)c(=O)c1-c1ccc(C[C@H](NC(=O)c2c(Cl)cccc2Cl)C(=O)O)cc1. The van der Waals surface area contributed by atoms with Gasteiger partial charge >= 0.3 is 5.97 Å². The second-order valence-electron chi connectivity index (χ2n) is 8.33. The van der Waals surface area contributed by atoms with Crippen molar-refractivity contribution in [3.8, 4) is 16.9 Å². The van der Waals surface area contributed by atoms with Crippen LogP contribution in [0.3, 0.4) is 0 Å². The van der Waals surface area contributed by atoms with Crippen molar-refractivity contribution >= 4 is 35.1 Å². The van der Waals surface area contributed by atoms with Gasteiger partial charge in [-0.2, -0.15) is 5.10 Å². The van der Waals surface area contributed by atoms with Gasteiger partial charge in [-0.25, -0.2) is 9.48 Å². The first-order valence-corrected chi connectivity index (χ1v) is 11.7. The molecule has 1 heterocycles. The summed E-state index contributed by atoms with van der Waals surface area (Å²) in [6, 6.07) is 10.2.